The molecule has 0 heterocycles. The second-order valence-corrected chi connectivity index (χ2v) is 6.10. The van der Waals surface area contributed by atoms with Crippen molar-refractivity contribution in [3.05, 3.63) is 57.6 Å². The Balaban J connectivity index is 2.10. The van der Waals surface area contributed by atoms with E-state index >= 15 is 0 Å². The van der Waals surface area contributed by atoms with Gasteiger partial charge in [-0.05, 0) is 42.9 Å². The lowest BCUT2D eigenvalue weighted by atomic mass is 10.2. The van der Waals surface area contributed by atoms with E-state index in [4.69, 9.17) is 33.3 Å². The minimum Gasteiger partial charge on any atom is -0.457 e. The summed E-state index contributed by atoms with van der Waals surface area (Å²) in [7, 11) is 1.63. The first-order chi connectivity index (χ1) is 12.5. The van der Waals surface area contributed by atoms with Crippen molar-refractivity contribution in [3.8, 4) is 11.5 Å². The lowest BCUT2D eigenvalue weighted by Crippen LogP contribution is -2.29. The monoisotopic (exact) mass is 395 g/mol. The molecule has 0 aliphatic rings. The van der Waals surface area contributed by atoms with Crippen LogP contribution in [0, 0.1) is 10.1 Å². The highest BCUT2D eigenvalue weighted by Gasteiger charge is 2.12. The Morgan fingerprint density at radius 3 is 2.62 bits per heavy atom. The van der Waals surface area contributed by atoms with Crippen LogP contribution < -0.4 is 15.4 Å². The van der Waals surface area contributed by atoms with Crippen LogP contribution in [-0.4, -0.2) is 30.3 Å². The van der Waals surface area contributed by atoms with Gasteiger partial charge in [0.1, 0.15) is 11.5 Å². The zero-order valence-electron chi connectivity index (χ0n) is 14.0. The molecular weight excluding hydrogens is 378 g/mol. The summed E-state index contributed by atoms with van der Waals surface area (Å²) in [5, 5.41) is 18.0. The molecule has 0 saturated heterocycles. The Morgan fingerprint density at radius 2 is 1.96 bits per heavy atom. The van der Waals surface area contributed by atoms with Crippen molar-refractivity contribution in [3.63, 3.8) is 0 Å². The first-order valence-electron chi connectivity index (χ1n) is 7.74. The molecule has 2 N–H and O–H groups in total. The van der Waals surface area contributed by atoms with Crippen molar-refractivity contribution in [1.82, 2.24) is 5.32 Å². The topological polar surface area (TPSA) is 85.7 Å². The standard InChI is InChI=1S/C17H18ClN3O4S/c1-24-8-2-7-19-17(26)20-13-9-14(21(22)23)11-16(10-13)25-15-5-3-12(18)4-6-15/h3-6,9-11H,2,7-8H2,1H3,(H2,19,20,26). The number of nitro groups is 1. The van der Waals surface area contributed by atoms with E-state index in [-0.39, 0.29) is 5.69 Å². The van der Waals surface area contributed by atoms with Gasteiger partial charge in [0.2, 0.25) is 0 Å². The molecule has 7 nitrogen and oxygen atoms in total. The van der Waals surface area contributed by atoms with Crippen molar-refractivity contribution in [2.24, 2.45) is 0 Å². The van der Waals surface area contributed by atoms with E-state index in [0.29, 0.717) is 40.5 Å². The summed E-state index contributed by atoms with van der Waals surface area (Å²) in [6.07, 6.45) is 0.790. The van der Waals surface area contributed by atoms with Gasteiger partial charge in [-0.1, -0.05) is 11.6 Å². The van der Waals surface area contributed by atoms with Gasteiger partial charge >= 0.3 is 0 Å². The Morgan fingerprint density at radius 1 is 1.23 bits per heavy atom. The van der Waals surface area contributed by atoms with Gasteiger partial charge in [0.15, 0.2) is 5.11 Å². The van der Waals surface area contributed by atoms with Crippen molar-refractivity contribution < 1.29 is 14.4 Å². The molecule has 2 aromatic carbocycles. The number of benzene rings is 2. The fourth-order valence-corrected chi connectivity index (χ4v) is 2.40. The Hall–Kier alpha value is -2.42. The molecule has 0 aromatic heterocycles. The fraction of sp³-hybridized carbons (Fsp3) is 0.235. The van der Waals surface area contributed by atoms with Crippen molar-refractivity contribution in [2.75, 3.05) is 25.6 Å². The molecule has 2 aromatic rings. The molecule has 0 radical (unpaired) electrons. The predicted molar refractivity (Wildman–Crippen MR) is 105 cm³/mol. The first kappa shape index (κ1) is 19.9. The van der Waals surface area contributed by atoms with E-state index in [1.54, 1.807) is 37.4 Å². The molecule has 0 atom stereocenters. The number of non-ortho nitro benzene ring substituents is 1. The maximum absolute atomic E-state index is 11.2. The molecule has 0 bridgehead atoms. The van der Waals surface area contributed by atoms with E-state index < -0.39 is 4.92 Å². The second kappa shape index (κ2) is 9.91. The Labute approximate surface area is 161 Å². The zero-order valence-corrected chi connectivity index (χ0v) is 15.6. The van der Waals surface area contributed by atoms with Crippen LogP contribution in [0.3, 0.4) is 0 Å². The van der Waals surface area contributed by atoms with E-state index in [9.17, 15) is 10.1 Å². The molecule has 138 valence electrons. The van der Waals surface area contributed by atoms with Gasteiger partial charge in [-0.15, -0.1) is 0 Å². The molecule has 26 heavy (non-hydrogen) atoms. The lowest BCUT2D eigenvalue weighted by molar-refractivity contribution is -0.384. The summed E-state index contributed by atoms with van der Waals surface area (Å²) in [5.41, 5.74) is 0.341. The minimum atomic E-state index is -0.491. The first-order valence-corrected chi connectivity index (χ1v) is 8.53. The summed E-state index contributed by atoms with van der Waals surface area (Å²) in [5.74, 6) is 0.826. The molecule has 9 heteroatoms. The van der Waals surface area contributed by atoms with Crippen LogP contribution in [0.25, 0.3) is 0 Å². The zero-order chi connectivity index (χ0) is 18.9. The molecule has 0 amide bonds. The number of hydrogen-bond donors (Lipinski definition) is 2. The van der Waals surface area contributed by atoms with E-state index in [1.165, 1.54) is 12.1 Å². The van der Waals surface area contributed by atoms with Gasteiger partial charge in [-0.25, -0.2) is 0 Å². The number of anilines is 1. The Kier molecular flexibility index (Phi) is 7.58. The van der Waals surface area contributed by atoms with Crippen molar-refractivity contribution in [1.29, 1.82) is 0 Å². The summed E-state index contributed by atoms with van der Waals surface area (Å²) < 4.78 is 10.6. The number of ether oxygens (including phenoxy) is 2. The molecule has 0 fully saturated rings. The van der Waals surface area contributed by atoms with E-state index in [1.807, 2.05) is 0 Å². The smallest absolute Gasteiger partial charge is 0.275 e. The second-order valence-electron chi connectivity index (χ2n) is 5.26. The molecule has 2 rings (SSSR count). The van der Waals surface area contributed by atoms with Gasteiger partial charge in [-0.2, -0.15) is 0 Å². The molecule has 0 aliphatic carbocycles. The van der Waals surface area contributed by atoms with Crippen LogP contribution in [0.5, 0.6) is 11.5 Å². The normalized spacial score (nSPS) is 10.2. The average molecular weight is 396 g/mol. The molecule has 0 unspecified atom stereocenters. The number of nitrogens with one attached hydrogen (secondary N) is 2. The number of thiocarbonyl (C=S) groups is 1. The summed E-state index contributed by atoms with van der Waals surface area (Å²) in [4.78, 5) is 10.7. The molecule has 0 aliphatic heterocycles. The highest BCUT2D eigenvalue weighted by molar-refractivity contribution is 7.80. The lowest BCUT2D eigenvalue weighted by Gasteiger charge is -2.12. The van der Waals surface area contributed by atoms with Crippen LogP contribution in [0.2, 0.25) is 5.02 Å². The highest BCUT2D eigenvalue weighted by Crippen LogP contribution is 2.30. The van der Waals surface area contributed by atoms with Gasteiger partial charge in [0.25, 0.3) is 5.69 Å². The van der Waals surface area contributed by atoms with Gasteiger partial charge in [0, 0.05) is 37.4 Å². The number of rotatable bonds is 8. The van der Waals surface area contributed by atoms with Crippen molar-refractivity contribution in [2.45, 2.75) is 6.42 Å². The summed E-state index contributed by atoms with van der Waals surface area (Å²) in [6, 6.07) is 11.1. The summed E-state index contributed by atoms with van der Waals surface area (Å²) >= 11 is 11.0. The highest BCUT2D eigenvalue weighted by atomic mass is 35.5. The molecular formula is C17H18ClN3O4S. The SMILES string of the molecule is COCCCNC(=S)Nc1cc(Oc2ccc(Cl)cc2)cc([N+](=O)[O-])c1. The van der Waals surface area contributed by atoms with Crippen LogP contribution in [-0.2, 0) is 4.74 Å². The van der Waals surface area contributed by atoms with E-state index in [2.05, 4.69) is 10.6 Å². The van der Waals surface area contributed by atoms with Crippen LogP contribution in [0.4, 0.5) is 11.4 Å². The molecule has 0 saturated carbocycles. The third kappa shape index (κ3) is 6.47. The molecule has 0 spiro atoms. The largest absolute Gasteiger partial charge is 0.457 e. The van der Waals surface area contributed by atoms with E-state index in [0.717, 1.165) is 6.42 Å². The van der Waals surface area contributed by atoms with Crippen LogP contribution >= 0.6 is 23.8 Å². The predicted octanol–water partition coefficient (Wildman–Crippen LogP) is 4.36. The maximum Gasteiger partial charge on any atom is 0.275 e. The quantitative estimate of drug-likeness (QED) is 0.297. The number of halogens is 1. The third-order valence-corrected chi connectivity index (χ3v) is 3.72. The maximum atomic E-state index is 11.2. The third-order valence-electron chi connectivity index (χ3n) is 3.22. The Bertz CT molecular complexity index is 771. The number of nitrogens with zero attached hydrogens (tertiary/aromatic N) is 1. The summed E-state index contributed by atoms with van der Waals surface area (Å²) in [6.45, 7) is 1.24. The van der Waals surface area contributed by atoms with Crippen molar-refractivity contribution >= 4 is 40.3 Å². The van der Waals surface area contributed by atoms with Gasteiger partial charge in [0.05, 0.1) is 16.7 Å². The number of nitro benzene ring substituents is 1. The van der Waals surface area contributed by atoms with Gasteiger partial charge in [-0.3, -0.25) is 10.1 Å². The number of methoxy groups -OCH3 is 1. The minimum absolute atomic E-state index is 0.110. The van der Waals surface area contributed by atoms with Gasteiger partial charge < -0.3 is 20.1 Å². The number of hydrogen-bond acceptors (Lipinski definition) is 5. The fourth-order valence-electron chi connectivity index (χ4n) is 2.05. The van der Waals surface area contributed by atoms with Crippen LogP contribution in [0.1, 0.15) is 6.42 Å². The van der Waals surface area contributed by atoms with Crippen LogP contribution in [0.15, 0.2) is 42.5 Å². The average Bonchev–Trinajstić information content (AvgIpc) is 2.60.